The largest absolute Gasteiger partial charge is 0.496 e. The molecule has 5 nitrogen and oxygen atoms in total. The Morgan fingerprint density at radius 1 is 1.00 bits per heavy atom. The Morgan fingerprint density at radius 2 is 1.65 bits per heavy atom. The van der Waals surface area contributed by atoms with Gasteiger partial charge in [0.05, 0.1) is 23.3 Å². The Kier molecular flexibility index (Phi) is 5.87. The molecule has 0 spiro atoms. The fourth-order valence-electron chi connectivity index (χ4n) is 1.78. The normalized spacial score (nSPS) is 10.1. The average Bonchev–Trinajstić information content (AvgIpc) is 2.54. The predicted molar refractivity (Wildman–Crippen MR) is 92.1 cm³/mol. The first-order chi connectivity index (χ1) is 10.9. The first kappa shape index (κ1) is 17.6. The van der Waals surface area contributed by atoms with Crippen LogP contribution in [0.15, 0.2) is 40.9 Å². The maximum absolute atomic E-state index is 12.2. The van der Waals surface area contributed by atoms with Crippen molar-refractivity contribution in [1.82, 2.24) is 10.9 Å². The average molecular weight is 418 g/mol. The van der Waals surface area contributed by atoms with Crippen LogP contribution in [0.2, 0.25) is 10.0 Å². The van der Waals surface area contributed by atoms with Crippen molar-refractivity contribution in [3.63, 3.8) is 0 Å². The molecule has 0 saturated carbocycles. The van der Waals surface area contributed by atoms with Gasteiger partial charge in [-0.1, -0.05) is 39.1 Å². The fraction of sp³-hybridized carbons (Fsp3) is 0.0667. The third-order valence-electron chi connectivity index (χ3n) is 2.87. The van der Waals surface area contributed by atoms with Gasteiger partial charge in [0, 0.05) is 9.50 Å². The summed E-state index contributed by atoms with van der Waals surface area (Å²) >= 11 is 15.1. The molecule has 2 N–H and O–H groups in total. The minimum absolute atomic E-state index is 0.195. The molecular formula is C15H11BrCl2N2O3. The monoisotopic (exact) mass is 416 g/mol. The van der Waals surface area contributed by atoms with Gasteiger partial charge >= 0.3 is 0 Å². The summed E-state index contributed by atoms with van der Waals surface area (Å²) in [5.41, 5.74) is 5.01. The van der Waals surface area contributed by atoms with Crippen LogP contribution in [-0.2, 0) is 0 Å². The van der Waals surface area contributed by atoms with Gasteiger partial charge in [-0.15, -0.1) is 0 Å². The van der Waals surface area contributed by atoms with Crippen molar-refractivity contribution < 1.29 is 14.3 Å². The van der Waals surface area contributed by atoms with E-state index in [1.54, 1.807) is 30.3 Å². The summed E-state index contributed by atoms with van der Waals surface area (Å²) in [5.74, 6) is -0.781. The molecule has 2 aromatic rings. The standard InChI is InChI=1S/C15H11BrCl2N2O3/c1-23-13-5-3-9(17)7-11(13)15(22)20-19-14(21)10-6-8(16)2-4-12(10)18/h2-7H,1H3,(H,19,21)(H,20,22). The van der Waals surface area contributed by atoms with Gasteiger partial charge in [-0.3, -0.25) is 20.4 Å². The zero-order valence-corrected chi connectivity index (χ0v) is 14.9. The van der Waals surface area contributed by atoms with Gasteiger partial charge in [0.25, 0.3) is 11.8 Å². The lowest BCUT2D eigenvalue weighted by molar-refractivity contribution is 0.0845. The Hall–Kier alpha value is -1.76. The van der Waals surface area contributed by atoms with Crippen LogP contribution in [0.5, 0.6) is 5.75 Å². The van der Waals surface area contributed by atoms with E-state index in [9.17, 15) is 9.59 Å². The van der Waals surface area contributed by atoms with Crippen molar-refractivity contribution in [3.05, 3.63) is 62.0 Å². The molecule has 0 fully saturated rings. The summed E-state index contributed by atoms with van der Waals surface area (Å²) in [6.07, 6.45) is 0. The molecular weight excluding hydrogens is 407 g/mol. The van der Waals surface area contributed by atoms with E-state index in [0.29, 0.717) is 15.2 Å². The van der Waals surface area contributed by atoms with Crippen LogP contribution in [0.4, 0.5) is 0 Å². The van der Waals surface area contributed by atoms with Crippen LogP contribution in [0.1, 0.15) is 20.7 Å². The number of benzene rings is 2. The van der Waals surface area contributed by atoms with Gasteiger partial charge in [0.1, 0.15) is 5.75 Å². The minimum Gasteiger partial charge on any atom is -0.496 e. The number of carbonyl (C=O) groups is 2. The lowest BCUT2D eigenvalue weighted by Gasteiger charge is -2.11. The summed E-state index contributed by atoms with van der Waals surface area (Å²) in [5, 5.41) is 0.637. The number of nitrogens with one attached hydrogen (secondary N) is 2. The number of carbonyl (C=O) groups excluding carboxylic acids is 2. The highest BCUT2D eigenvalue weighted by Crippen LogP contribution is 2.23. The third kappa shape index (κ3) is 4.37. The van der Waals surface area contributed by atoms with Crippen LogP contribution in [-0.4, -0.2) is 18.9 Å². The minimum atomic E-state index is -0.566. The number of hydrogen-bond acceptors (Lipinski definition) is 3. The zero-order chi connectivity index (χ0) is 17.0. The first-order valence-corrected chi connectivity index (χ1v) is 7.86. The molecule has 0 aliphatic rings. The SMILES string of the molecule is COc1ccc(Cl)cc1C(=O)NNC(=O)c1cc(Br)ccc1Cl. The highest BCUT2D eigenvalue weighted by atomic mass is 79.9. The molecule has 2 amide bonds. The highest BCUT2D eigenvalue weighted by molar-refractivity contribution is 9.10. The molecule has 8 heteroatoms. The van der Waals surface area contributed by atoms with Crippen LogP contribution in [0.25, 0.3) is 0 Å². The number of methoxy groups -OCH3 is 1. The topological polar surface area (TPSA) is 67.4 Å². The Balaban J connectivity index is 2.11. The van der Waals surface area contributed by atoms with E-state index in [2.05, 4.69) is 26.8 Å². The van der Waals surface area contributed by atoms with E-state index < -0.39 is 11.8 Å². The van der Waals surface area contributed by atoms with Crippen molar-refractivity contribution in [2.45, 2.75) is 0 Å². The van der Waals surface area contributed by atoms with Crippen molar-refractivity contribution in [2.75, 3.05) is 7.11 Å². The van der Waals surface area contributed by atoms with Crippen LogP contribution < -0.4 is 15.6 Å². The van der Waals surface area contributed by atoms with E-state index in [-0.39, 0.29) is 16.1 Å². The summed E-state index contributed by atoms with van der Waals surface area (Å²) in [7, 11) is 1.43. The highest BCUT2D eigenvalue weighted by Gasteiger charge is 2.15. The summed E-state index contributed by atoms with van der Waals surface area (Å²) in [4.78, 5) is 24.2. The van der Waals surface area contributed by atoms with Crippen LogP contribution in [0.3, 0.4) is 0 Å². The second-order valence-electron chi connectivity index (χ2n) is 4.38. The lowest BCUT2D eigenvalue weighted by atomic mass is 10.2. The molecule has 0 aliphatic heterocycles. The van der Waals surface area contributed by atoms with Gasteiger partial charge in [-0.2, -0.15) is 0 Å². The lowest BCUT2D eigenvalue weighted by Crippen LogP contribution is -2.41. The van der Waals surface area contributed by atoms with E-state index in [1.165, 1.54) is 13.2 Å². The quantitative estimate of drug-likeness (QED) is 0.745. The maximum Gasteiger partial charge on any atom is 0.273 e. The van der Waals surface area contributed by atoms with E-state index in [4.69, 9.17) is 27.9 Å². The number of hydrazine groups is 1. The molecule has 120 valence electrons. The zero-order valence-electron chi connectivity index (χ0n) is 11.8. The van der Waals surface area contributed by atoms with Gasteiger partial charge in [0.15, 0.2) is 0 Å². The molecule has 0 unspecified atom stereocenters. The Labute approximate surface area is 151 Å². The second-order valence-corrected chi connectivity index (χ2v) is 6.14. The fourth-order valence-corrected chi connectivity index (χ4v) is 2.51. The van der Waals surface area contributed by atoms with Crippen LogP contribution >= 0.6 is 39.1 Å². The molecule has 0 atom stereocenters. The Bertz CT molecular complexity index is 768. The maximum atomic E-state index is 12.2. The summed E-state index contributed by atoms with van der Waals surface area (Å²) in [6, 6.07) is 9.41. The molecule has 0 bridgehead atoms. The third-order valence-corrected chi connectivity index (χ3v) is 3.93. The van der Waals surface area contributed by atoms with Gasteiger partial charge in [-0.25, -0.2) is 0 Å². The molecule has 0 saturated heterocycles. The van der Waals surface area contributed by atoms with Gasteiger partial charge in [-0.05, 0) is 36.4 Å². The van der Waals surface area contributed by atoms with Crippen LogP contribution in [0, 0.1) is 0 Å². The second kappa shape index (κ2) is 7.68. The molecule has 23 heavy (non-hydrogen) atoms. The molecule has 0 heterocycles. The number of ether oxygens (including phenoxy) is 1. The molecule has 0 aliphatic carbocycles. The summed E-state index contributed by atoms with van der Waals surface area (Å²) in [6.45, 7) is 0. The van der Waals surface area contributed by atoms with Crippen molar-refractivity contribution in [3.8, 4) is 5.75 Å². The first-order valence-electron chi connectivity index (χ1n) is 6.31. The van der Waals surface area contributed by atoms with Crippen molar-refractivity contribution in [1.29, 1.82) is 0 Å². The van der Waals surface area contributed by atoms with Crippen molar-refractivity contribution in [2.24, 2.45) is 0 Å². The van der Waals surface area contributed by atoms with Gasteiger partial charge < -0.3 is 4.74 Å². The number of hydrogen-bond donors (Lipinski definition) is 2. The summed E-state index contributed by atoms with van der Waals surface area (Å²) < 4.78 is 5.78. The Morgan fingerprint density at radius 3 is 2.30 bits per heavy atom. The molecule has 2 aromatic carbocycles. The number of rotatable bonds is 3. The molecule has 2 rings (SSSR count). The van der Waals surface area contributed by atoms with E-state index >= 15 is 0 Å². The van der Waals surface area contributed by atoms with Gasteiger partial charge in [0.2, 0.25) is 0 Å². The number of halogens is 3. The number of amides is 2. The van der Waals surface area contributed by atoms with Crippen molar-refractivity contribution >= 4 is 50.9 Å². The predicted octanol–water partition coefficient (Wildman–Crippen LogP) is 3.84. The van der Waals surface area contributed by atoms with E-state index in [1.807, 2.05) is 0 Å². The van der Waals surface area contributed by atoms with E-state index in [0.717, 1.165) is 0 Å². The molecule has 0 radical (unpaired) electrons. The smallest absolute Gasteiger partial charge is 0.273 e. The molecule has 0 aromatic heterocycles.